The van der Waals surface area contributed by atoms with E-state index in [0.29, 0.717) is 6.04 Å². The van der Waals surface area contributed by atoms with Gasteiger partial charge >= 0.3 is 0 Å². The fourth-order valence-corrected chi connectivity index (χ4v) is 3.44. The molecule has 1 atom stereocenters. The van der Waals surface area contributed by atoms with Crippen LogP contribution in [0.2, 0.25) is 0 Å². The fourth-order valence-electron chi connectivity index (χ4n) is 3.44. The summed E-state index contributed by atoms with van der Waals surface area (Å²) >= 11 is 0. The smallest absolute Gasteiger partial charge is 0.146 e. The lowest BCUT2D eigenvalue weighted by atomic mass is 10.1. The Labute approximate surface area is 142 Å². The molecule has 0 spiro atoms. The Morgan fingerprint density at radius 3 is 2.79 bits per heavy atom. The number of hydrogen-bond donors (Lipinski definition) is 0. The van der Waals surface area contributed by atoms with E-state index in [1.54, 1.807) is 6.33 Å². The monoisotopic (exact) mass is 319 g/mol. The van der Waals surface area contributed by atoms with E-state index >= 15 is 0 Å². The number of pyridine rings is 1. The summed E-state index contributed by atoms with van der Waals surface area (Å²) in [6.07, 6.45) is 3.98. The number of aryl methyl sites for hydroxylation is 1. The summed E-state index contributed by atoms with van der Waals surface area (Å²) in [6, 6.07) is 16.8. The van der Waals surface area contributed by atoms with Crippen LogP contribution in [0.5, 0.6) is 0 Å². The molecule has 0 amide bonds. The van der Waals surface area contributed by atoms with Gasteiger partial charge in [0, 0.05) is 5.69 Å². The minimum atomic E-state index is 0.367. The molecule has 122 valence electrons. The van der Waals surface area contributed by atoms with E-state index < -0.39 is 0 Å². The second-order valence-corrected chi connectivity index (χ2v) is 6.26. The van der Waals surface area contributed by atoms with Gasteiger partial charge in [0.15, 0.2) is 0 Å². The molecule has 5 heteroatoms. The molecular formula is C19H21N5. The van der Waals surface area contributed by atoms with Gasteiger partial charge in [-0.1, -0.05) is 24.3 Å². The van der Waals surface area contributed by atoms with Crippen LogP contribution in [0.25, 0.3) is 5.69 Å². The van der Waals surface area contributed by atoms with Crippen molar-refractivity contribution in [1.29, 1.82) is 0 Å². The third kappa shape index (κ3) is 2.95. The maximum atomic E-state index is 4.73. The molecule has 1 fully saturated rings. The Morgan fingerprint density at radius 2 is 1.96 bits per heavy atom. The van der Waals surface area contributed by atoms with Gasteiger partial charge in [0.25, 0.3) is 0 Å². The second-order valence-electron chi connectivity index (χ2n) is 6.26. The van der Waals surface area contributed by atoms with E-state index in [-0.39, 0.29) is 0 Å². The van der Waals surface area contributed by atoms with E-state index in [4.69, 9.17) is 4.98 Å². The van der Waals surface area contributed by atoms with Crippen molar-refractivity contribution < 1.29 is 0 Å². The van der Waals surface area contributed by atoms with E-state index in [1.807, 2.05) is 22.9 Å². The molecule has 24 heavy (non-hydrogen) atoms. The molecule has 0 N–H and O–H groups in total. The van der Waals surface area contributed by atoms with Crippen LogP contribution in [0.4, 0.5) is 0 Å². The summed E-state index contributed by atoms with van der Waals surface area (Å²) in [5.41, 5.74) is 3.29. The Hall–Kier alpha value is -2.53. The Balaban J connectivity index is 1.58. The zero-order valence-electron chi connectivity index (χ0n) is 13.8. The molecule has 0 bridgehead atoms. The lowest BCUT2D eigenvalue weighted by Gasteiger charge is -2.24. The van der Waals surface area contributed by atoms with Gasteiger partial charge in [0.2, 0.25) is 0 Å². The first-order chi connectivity index (χ1) is 11.8. The lowest BCUT2D eigenvalue weighted by Crippen LogP contribution is -2.25. The number of nitrogens with zero attached hydrogens (tertiary/aromatic N) is 5. The van der Waals surface area contributed by atoms with Gasteiger partial charge in [0.05, 0.1) is 24.0 Å². The van der Waals surface area contributed by atoms with Crippen molar-refractivity contribution in [3.8, 4) is 5.69 Å². The van der Waals surface area contributed by atoms with Crippen LogP contribution in [-0.2, 0) is 6.54 Å². The number of benzene rings is 1. The third-order valence-electron chi connectivity index (χ3n) is 4.58. The lowest BCUT2D eigenvalue weighted by molar-refractivity contribution is 0.236. The standard InChI is InChI=1S/C19H21N5/c1-15-7-5-10-17(22-15)18-11-6-12-23(18)13-19-20-14-21-24(19)16-8-3-2-4-9-16/h2-5,7-10,14,18H,6,11-13H2,1H3. The van der Waals surface area contributed by atoms with E-state index in [9.17, 15) is 0 Å². The van der Waals surface area contributed by atoms with Crippen molar-refractivity contribution in [1.82, 2.24) is 24.6 Å². The van der Waals surface area contributed by atoms with Gasteiger partial charge in [-0.15, -0.1) is 0 Å². The Kier molecular flexibility index (Phi) is 4.09. The highest BCUT2D eigenvalue weighted by molar-refractivity contribution is 5.30. The molecule has 1 saturated heterocycles. The molecular weight excluding hydrogens is 298 g/mol. The predicted octanol–water partition coefficient (Wildman–Crippen LogP) is 3.31. The average molecular weight is 319 g/mol. The van der Waals surface area contributed by atoms with Crippen LogP contribution < -0.4 is 0 Å². The summed E-state index contributed by atoms with van der Waals surface area (Å²) in [7, 11) is 0. The first-order valence-electron chi connectivity index (χ1n) is 8.43. The Morgan fingerprint density at radius 1 is 1.08 bits per heavy atom. The summed E-state index contributed by atoms with van der Waals surface area (Å²) in [6.45, 7) is 3.91. The van der Waals surface area contributed by atoms with Crippen LogP contribution >= 0.6 is 0 Å². The maximum Gasteiger partial charge on any atom is 0.146 e. The SMILES string of the molecule is Cc1cccc(C2CCCN2Cc2ncnn2-c2ccccc2)n1. The van der Waals surface area contributed by atoms with Crippen molar-refractivity contribution in [3.63, 3.8) is 0 Å². The first kappa shape index (κ1) is 15.0. The first-order valence-corrected chi connectivity index (χ1v) is 8.43. The molecule has 5 nitrogen and oxygen atoms in total. The summed E-state index contributed by atoms with van der Waals surface area (Å²) in [5, 5.41) is 4.40. The van der Waals surface area contributed by atoms with Crippen LogP contribution in [0.1, 0.15) is 36.1 Å². The van der Waals surface area contributed by atoms with Crippen molar-refractivity contribution in [2.45, 2.75) is 32.4 Å². The third-order valence-corrected chi connectivity index (χ3v) is 4.58. The molecule has 1 aliphatic heterocycles. The molecule has 2 aromatic heterocycles. The quantitative estimate of drug-likeness (QED) is 0.740. The van der Waals surface area contributed by atoms with Gasteiger partial charge in [0.1, 0.15) is 12.2 Å². The normalized spacial score (nSPS) is 18.1. The summed E-state index contributed by atoms with van der Waals surface area (Å²) in [5.74, 6) is 0.973. The average Bonchev–Trinajstić information content (AvgIpc) is 3.25. The zero-order chi connectivity index (χ0) is 16.4. The fraction of sp³-hybridized carbons (Fsp3) is 0.316. The van der Waals surface area contributed by atoms with Crippen molar-refractivity contribution in [2.24, 2.45) is 0 Å². The number of para-hydroxylation sites is 1. The predicted molar refractivity (Wildman–Crippen MR) is 92.7 cm³/mol. The van der Waals surface area contributed by atoms with Gasteiger partial charge in [-0.2, -0.15) is 5.10 Å². The maximum absolute atomic E-state index is 4.73. The second kappa shape index (κ2) is 6.53. The highest BCUT2D eigenvalue weighted by Gasteiger charge is 2.28. The molecule has 0 aliphatic carbocycles. The van der Waals surface area contributed by atoms with E-state index in [2.05, 4.69) is 52.2 Å². The Bertz CT molecular complexity index is 811. The van der Waals surface area contributed by atoms with Crippen LogP contribution in [0, 0.1) is 6.92 Å². The molecule has 1 unspecified atom stereocenters. The molecule has 0 radical (unpaired) electrons. The molecule has 3 heterocycles. The van der Waals surface area contributed by atoms with Gasteiger partial charge in [-0.25, -0.2) is 9.67 Å². The van der Waals surface area contributed by atoms with Crippen molar-refractivity contribution >= 4 is 0 Å². The molecule has 0 saturated carbocycles. The van der Waals surface area contributed by atoms with Crippen molar-refractivity contribution in [2.75, 3.05) is 6.54 Å². The number of hydrogen-bond acceptors (Lipinski definition) is 4. The largest absolute Gasteiger partial charge is 0.287 e. The van der Waals surface area contributed by atoms with E-state index in [0.717, 1.165) is 36.7 Å². The summed E-state index contributed by atoms with van der Waals surface area (Å²) in [4.78, 5) is 11.7. The zero-order valence-corrected chi connectivity index (χ0v) is 13.8. The van der Waals surface area contributed by atoms with Gasteiger partial charge in [-0.05, 0) is 50.6 Å². The highest BCUT2D eigenvalue weighted by atomic mass is 15.4. The van der Waals surface area contributed by atoms with Crippen molar-refractivity contribution in [3.05, 3.63) is 72.1 Å². The van der Waals surface area contributed by atoms with Gasteiger partial charge < -0.3 is 0 Å². The number of rotatable bonds is 4. The van der Waals surface area contributed by atoms with Crippen LogP contribution in [0.3, 0.4) is 0 Å². The summed E-state index contributed by atoms with van der Waals surface area (Å²) < 4.78 is 1.93. The topological polar surface area (TPSA) is 46.8 Å². The van der Waals surface area contributed by atoms with E-state index in [1.165, 1.54) is 12.1 Å². The molecule has 3 aromatic rings. The van der Waals surface area contributed by atoms with Crippen LogP contribution in [0.15, 0.2) is 54.9 Å². The molecule has 4 rings (SSSR count). The number of likely N-dealkylation sites (tertiary alicyclic amines) is 1. The molecule has 1 aromatic carbocycles. The van der Waals surface area contributed by atoms with Gasteiger partial charge in [-0.3, -0.25) is 9.88 Å². The minimum absolute atomic E-state index is 0.367. The number of aromatic nitrogens is 4. The van der Waals surface area contributed by atoms with Crippen LogP contribution in [-0.4, -0.2) is 31.2 Å². The minimum Gasteiger partial charge on any atom is -0.287 e. The highest BCUT2D eigenvalue weighted by Crippen LogP contribution is 2.32. The molecule has 1 aliphatic rings.